The summed E-state index contributed by atoms with van der Waals surface area (Å²) in [6, 6.07) is 10.3. The monoisotopic (exact) mass is 240 g/mol. The minimum Gasteiger partial charge on any atom is -0.334 e. The summed E-state index contributed by atoms with van der Waals surface area (Å²) in [5.74, 6) is 1.22. The molecule has 0 spiro atoms. The Kier molecular flexibility index (Phi) is 2.87. The predicted octanol–water partition coefficient (Wildman–Crippen LogP) is 2.24. The van der Waals surface area contributed by atoms with Gasteiger partial charge in [-0.15, -0.1) is 0 Å². The van der Waals surface area contributed by atoms with Crippen molar-refractivity contribution in [2.24, 2.45) is 0 Å². The Labute approximate surface area is 104 Å². The summed E-state index contributed by atoms with van der Waals surface area (Å²) >= 11 is 0. The SMILES string of the molecule is c1ccc(CCc2noc(-c3cn[nH]c3)n2)cc1. The molecule has 0 saturated carbocycles. The van der Waals surface area contributed by atoms with Gasteiger partial charge in [0, 0.05) is 12.6 Å². The highest BCUT2D eigenvalue weighted by Gasteiger charge is 2.09. The summed E-state index contributed by atoms with van der Waals surface area (Å²) in [4.78, 5) is 4.33. The maximum Gasteiger partial charge on any atom is 0.261 e. The van der Waals surface area contributed by atoms with Gasteiger partial charge in [-0.25, -0.2) is 0 Å². The first kappa shape index (κ1) is 10.7. The number of hydrogen-bond acceptors (Lipinski definition) is 4. The van der Waals surface area contributed by atoms with Gasteiger partial charge in [-0.3, -0.25) is 5.10 Å². The average Bonchev–Trinajstić information content (AvgIpc) is 3.08. The second-order valence-electron chi connectivity index (χ2n) is 3.99. The van der Waals surface area contributed by atoms with Crippen molar-refractivity contribution < 1.29 is 4.52 Å². The van der Waals surface area contributed by atoms with Crippen LogP contribution in [0.4, 0.5) is 0 Å². The Morgan fingerprint density at radius 2 is 2.00 bits per heavy atom. The van der Waals surface area contributed by atoms with Crippen LogP contribution in [0.15, 0.2) is 47.2 Å². The highest BCUT2D eigenvalue weighted by Crippen LogP contribution is 2.15. The quantitative estimate of drug-likeness (QED) is 0.759. The van der Waals surface area contributed by atoms with E-state index in [1.54, 1.807) is 12.4 Å². The van der Waals surface area contributed by atoms with Gasteiger partial charge in [-0.1, -0.05) is 35.5 Å². The van der Waals surface area contributed by atoms with Crippen molar-refractivity contribution in [1.29, 1.82) is 0 Å². The minimum atomic E-state index is 0.506. The van der Waals surface area contributed by atoms with Crippen LogP contribution in [0.1, 0.15) is 11.4 Å². The van der Waals surface area contributed by atoms with Gasteiger partial charge < -0.3 is 4.52 Å². The summed E-state index contributed by atoms with van der Waals surface area (Å²) in [7, 11) is 0. The molecule has 1 aromatic carbocycles. The molecule has 0 unspecified atom stereocenters. The normalized spacial score (nSPS) is 10.7. The first-order chi connectivity index (χ1) is 8.92. The first-order valence-electron chi connectivity index (χ1n) is 5.77. The van der Waals surface area contributed by atoms with Crippen LogP contribution in [0, 0.1) is 0 Å². The van der Waals surface area contributed by atoms with Crippen molar-refractivity contribution >= 4 is 0 Å². The number of aromatic amines is 1. The van der Waals surface area contributed by atoms with E-state index < -0.39 is 0 Å². The molecule has 0 radical (unpaired) electrons. The van der Waals surface area contributed by atoms with Crippen LogP contribution in [-0.4, -0.2) is 20.3 Å². The van der Waals surface area contributed by atoms with Gasteiger partial charge in [-0.05, 0) is 12.0 Å². The van der Waals surface area contributed by atoms with E-state index in [0.29, 0.717) is 5.89 Å². The number of aryl methyl sites for hydroxylation is 2. The number of H-pyrrole nitrogens is 1. The number of hydrogen-bond donors (Lipinski definition) is 1. The van der Waals surface area contributed by atoms with Crippen LogP contribution in [-0.2, 0) is 12.8 Å². The summed E-state index contributed by atoms with van der Waals surface area (Å²) in [6.45, 7) is 0. The van der Waals surface area contributed by atoms with Gasteiger partial charge in [0.25, 0.3) is 5.89 Å². The molecule has 5 heteroatoms. The average molecular weight is 240 g/mol. The topological polar surface area (TPSA) is 67.6 Å². The van der Waals surface area contributed by atoms with Crippen LogP contribution in [0.3, 0.4) is 0 Å². The lowest BCUT2D eigenvalue weighted by molar-refractivity contribution is 0.422. The molecule has 1 N–H and O–H groups in total. The molecule has 3 rings (SSSR count). The Balaban J connectivity index is 1.68. The molecule has 90 valence electrons. The zero-order chi connectivity index (χ0) is 12.2. The van der Waals surface area contributed by atoms with Gasteiger partial charge >= 0.3 is 0 Å². The number of aromatic nitrogens is 4. The van der Waals surface area contributed by atoms with E-state index in [4.69, 9.17) is 4.52 Å². The van der Waals surface area contributed by atoms with Crippen LogP contribution in [0.5, 0.6) is 0 Å². The molecule has 0 saturated heterocycles. The summed E-state index contributed by atoms with van der Waals surface area (Å²) < 4.78 is 5.18. The van der Waals surface area contributed by atoms with Gasteiger partial charge in [0.1, 0.15) is 0 Å². The van der Waals surface area contributed by atoms with E-state index >= 15 is 0 Å². The summed E-state index contributed by atoms with van der Waals surface area (Å²) in [5.41, 5.74) is 2.08. The standard InChI is InChI=1S/C13H12N4O/c1-2-4-10(5-3-1)6-7-12-16-13(18-17-12)11-8-14-15-9-11/h1-5,8-9H,6-7H2,(H,14,15). The predicted molar refractivity (Wildman–Crippen MR) is 65.7 cm³/mol. The maximum absolute atomic E-state index is 5.18. The van der Waals surface area contributed by atoms with Crippen molar-refractivity contribution in [2.75, 3.05) is 0 Å². The number of nitrogens with zero attached hydrogens (tertiary/aromatic N) is 3. The Bertz CT molecular complexity index is 601. The second kappa shape index (κ2) is 4.83. The molecule has 0 aliphatic heterocycles. The van der Waals surface area contributed by atoms with Crippen molar-refractivity contribution in [1.82, 2.24) is 20.3 Å². The Morgan fingerprint density at radius 3 is 2.78 bits per heavy atom. The van der Waals surface area contributed by atoms with Gasteiger partial charge in [0.05, 0.1) is 11.8 Å². The first-order valence-corrected chi connectivity index (χ1v) is 5.77. The summed E-state index contributed by atoms with van der Waals surface area (Å²) in [6.07, 6.45) is 5.07. The fraction of sp³-hybridized carbons (Fsp3) is 0.154. The van der Waals surface area contributed by atoms with E-state index in [2.05, 4.69) is 32.5 Å². The Hall–Kier alpha value is -2.43. The second-order valence-corrected chi connectivity index (χ2v) is 3.99. The van der Waals surface area contributed by atoms with Gasteiger partial charge in [0.15, 0.2) is 5.82 Å². The third-order valence-corrected chi connectivity index (χ3v) is 2.69. The molecule has 0 fully saturated rings. The van der Waals surface area contributed by atoms with E-state index in [1.165, 1.54) is 5.56 Å². The Morgan fingerprint density at radius 1 is 1.11 bits per heavy atom. The molecule has 0 aliphatic rings. The molecule has 5 nitrogen and oxygen atoms in total. The van der Waals surface area contributed by atoms with E-state index in [9.17, 15) is 0 Å². The van der Waals surface area contributed by atoms with Crippen molar-refractivity contribution in [3.05, 3.63) is 54.1 Å². The fourth-order valence-corrected chi connectivity index (χ4v) is 1.74. The molecule has 3 aromatic rings. The summed E-state index contributed by atoms with van der Waals surface area (Å²) in [5, 5.41) is 10.5. The van der Waals surface area contributed by atoms with Gasteiger partial charge in [-0.2, -0.15) is 10.1 Å². The lowest BCUT2D eigenvalue weighted by Crippen LogP contribution is -1.93. The van der Waals surface area contributed by atoms with Crippen molar-refractivity contribution in [3.8, 4) is 11.5 Å². The molecule has 18 heavy (non-hydrogen) atoms. The lowest BCUT2D eigenvalue weighted by atomic mass is 10.1. The molecule has 0 aliphatic carbocycles. The number of benzene rings is 1. The van der Waals surface area contributed by atoms with Crippen LogP contribution < -0.4 is 0 Å². The maximum atomic E-state index is 5.18. The molecular formula is C13H12N4O. The molecule has 2 heterocycles. The number of rotatable bonds is 4. The fourth-order valence-electron chi connectivity index (χ4n) is 1.74. The van der Waals surface area contributed by atoms with Crippen molar-refractivity contribution in [2.45, 2.75) is 12.8 Å². The third-order valence-electron chi connectivity index (χ3n) is 2.69. The highest BCUT2D eigenvalue weighted by molar-refractivity contribution is 5.48. The van der Waals surface area contributed by atoms with E-state index in [-0.39, 0.29) is 0 Å². The van der Waals surface area contributed by atoms with Gasteiger partial charge in [0.2, 0.25) is 0 Å². The zero-order valence-corrected chi connectivity index (χ0v) is 9.71. The zero-order valence-electron chi connectivity index (χ0n) is 9.71. The highest BCUT2D eigenvalue weighted by atomic mass is 16.5. The van der Waals surface area contributed by atoms with Crippen LogP contribution >= 0.6 is 0 Å². The van der Waals surface area contributed by atoms with Crippen LogP contribution in [0.2, 0.25) is 0 Å². The van der Waals surface area contributed by atoms with E-state index in [1.807, 2.05) is 18.2 Å². The minimum absolute atomic E-state index is 0.506. The van der Waals surface area contributed by atoms with Crippen LogP contribution in [0.25, 0.3) is 11.5 Å². The number of nitrogens with one attached hydrogen (secondary N) is 1. The lowest BCUT2D eigenvalue weighted by Gasteiger charge is -1.96. The smallest absolute Gasteiger partial charge is 0.261 e. The molecule has 0 atom stereocenters. The molecule has 0 bridgehead atoms. The van der Waals surface area contributed by atoms with E-state index in [0.717, 1.165) is 24.2 Å². The van der Waals surface area contributed by atoms with Crippen molar-refractivity contribution in [3.63, 3.8) is 0 Å². The largest absolute Gasteiger partial charge is 0.334 e. The molecule has 0 amide bonds. The molecular weight excluding hydrogens is 228 g/mol. The molecule has 2 aromatic heterocycles. The third kappa shape index (κ3) is 2.29.